The maximum atomic E-state index is 12.0. The van der Waals surface area contributed by atoms with Gasteiger partial charge in [-0.05, 0) is 65.3 Å². The van der Waals surface area contributed by atoms with Crippen LogP contribution in [0.4, 0.5) is 4.79 Å². The Bertz CT molecular complexity index is 1670. The quantitative estimate of drug-likeness (QED) is 0.142. The highest BCUT2D eigenvalue weighted by atomic mass is 35.5. The third-order valence-electron chi connectivity index (χ3n) is 9.91. The van der Waals surface area contributed by atoms with E-state index in [2.05, 4.69) is 52.8 Å². The van der Waals surface area contributed by atoms with Gasteiger partial charge in [0.2, 0.25) is 0 Å². The fourth-order valence-electron chi connectivity index (χ4n) is 6.91. The standard InChI is InChI=1S/C40H46ClN3O5/c1-3-42-39(46)43-24-32-6-4-5-7-35(32)29-12-14-31(15-13-29)38-48-36(27(2)37(49-38)30-10-8-28(26-45)9-11-30)25-44-22-20-40(47,21-23-44)33-16-18-34(41)19-17-33/h4-19,27,36-38,45,47H,3,20-26H2,1-2H3,(H2,42,43,46)/t27-,36+,37+,38+/m1/s1. The first kappa shape index (κ1) is 35.1. The average Bonchev–Trinajstić information content (AvgIpc) is 3.13. The summed E-state index contributed by atoms with van der Waals surface area (Å²) in [6.45, 7) is 7.26. The Morgan fingerprint density at radius 1 is 0.898 bits per heavy atom. The molecule has 0 aromatic heterocycles. The minimum absolute atomic E-state index is 0.00940. The van der Waals surface area contributed by atoms with E-state index in [0.29, 0.717) is 37.5 Å². The molecule has 4 N–H and O–H groups in total. The maximum Gasteiger partial charge on any atom is 0.315 e. The van der Waals surface area contributed by atoms with Crippen molar-refractivity contribution in [3.8, 4) is 11.1 Å². The second-order valence-electron chi connectivity index (χ2n) is 13.2. The molecule has 2 saturated heterocycles. The monoisotopic (exact) mass is 683 g/mol. The van der Waals surface area contributed by atoms with Crippen molar-refractivity contribution in [2.24, 2.45) is 5.92 Å². The highest BCUT2D eigenvalue weighted by Gasteiger charge is 2.41. The van der Waals surface area contributed by atoms with Crippen LogP contribution in [0.1, 0.15) is 66.9 Å². The normalized spacial score (nSPS) is 22.4. The first-order valence-corrected chi connectivity index (χ1v) is 17.6. The van der Waals surface area contributed by atoms with Gasteiger partial charge in [0.1, 0.15) is 0 Å². The lowest BCUT2D eigenvalue weighted by molar-refractivity contribution is -0.277. The van der Waals surface area contributed by atoms with Gasteiger partial charge in [-0.15, -0.1) is 0 Å². The number of amides is 2. The number of nitrogens with one attached hydrogen (secondary N) is 2. The summed E-state index contributed by atoms with van der Waals surface area (Å²) in [4.78, 5) is 14.4. The number of likely N-dealkylation sites (tertiary alicyclic amines) is 1. The SMILES string of the molecule is CCNC(=O)NCc1ccccc1-c1ccc([C@H]2O[C@@H](CN3CCC(O)(c4ccc(Cl)cc4)CC3)[C@@H](C)[C@@H](c3ccc(CO)cc3)O2)cc1. The summed E-state index contributed by atoms with van der Waals surface area (Å²) in [7, 11) is 0. The molecule has 4 aromatic carbocycles. The fourth-order valence-corrected chi connectivity index (χ4v) is 7.04. The summed E-state index contributed by atoms with van der Waals surface area (Å²) in [5.74, 6) is 0.0526. The second-order valence-corrected chi connectivity index (χ2v) is 13.6. The molecule has 2 fully saturated rings. The molecular formula is C40H46ClN3O5. The number of halogens is 1. The maximum absolute atomic E-state index is 12.0. The van der Waals surface area contributed by atoms with E-state index in [1.54, 1.807) is 0 Å². The molecule has 2 heterocycles. The van der Waals surface area contributed by atoms with Gasteiger partial charge in [-0.3, -0.25) is 0 Å². The third kappa shape index (κ3) is 8.35. The fraction of sp³-hybridized carbons (Fsp3) is 0.375. The van der Waals surface area contributed by atoms with Gasteiger partial charge in [-0.25, -0.2) is 4.79 Å². The molecule has 2 amide bonds. The summed E-state index contributed by atoms with van der Waals surface area (Å²) in [6.07, 6.45) is 0.340. The van der Waals surface area contributed by atoms with Crippen LogP contribution in [-0.4, -0.2) is 53.4 Å². The van der Waals surface area contributed by atoms with E-state index in [4.69, 9.17) is 21.1 Å². The smallest absolute Gasteiger partial charge is 0.315 e. The molecule has 0 spiro atoms. The van der Waals surface area contributed by atoms with E-state index in [9.17, 15) is 15.0 Å². The highest BCUT2D eigenvalue weighted by molar-refractivity contribution is 6.30. The third-order valence-corrected chi connectivity index (χ3v) is 10.2. The number of hydrogen-bond donors (Lipinski definition) is 4. The van der Waals surface area contributed by atoms with Crippen LogP contribution in [0.15, 0.2) is 97.1 Å². The van der Waals surface area contributed by atoms with Crippen LogP contribution in [0.3, 0.4) is 0 Å². The molecule has 0 unspecified atom stereocenters. The number of aliphatic hydroxyl groups excluding tert-OH is 1. The summed E-state index contributed by atoms with van der Waals surface area (Å²) >= 11 is 6.10. The van der Waals surface area contributed by atoms with E-state index in [0.717, 1.165) is 52.0 Å². The second kappa shape index (κ2) is 15.9. The van der Waals surface area contributed by atoms with Crippen LogP contribution in [0.2, 0.25) is 5.02 Å². The molecule has 4 aromatic rings. The van der Waals surface area contributed by atoms with E-state index in [1.807, 2.05) is 73.7 Å². The molecule has 0 saturated carbocycles. The van der Waals surface area contributed by atoms with Gasteiger partial charge in [-0.1, -0.05) is 103 Å². The Hall–Kier alpha value is -3.76. The van der Waals surface area contributed by atoms with Crippen LogP contribution < -0.4 is 10.6 Å². The molecule has 2 aliphatic rings. The van der Waals surface area contributed by atoms with E-state index in [-0.39, 0.29) is 30.8 Å². The van der Waals surface area contributed by atoms with Gasteiger partial charge in [0, 0.05) is 49.2 Å². The van der Waals surface area contributed by atoms with Gasteiger partial charge in [0.25, 0.3) is 0 Å². The Morgan fingerprint density at radius 2 is 1.57 bits per heavy atom. The number of urea groups is 1. The lowest BCUT2D eigenvalue weighted by Gasteiger charge is -2.45. The zero-order valence-corrected chi connectivity index (χ0v) is 28.9. The average molecular weight is 684 g/mol. The van der Waals surface area contributed by atoms with Crippen molar-refractivity contribution < 1.29 is 24.5 Å². The molecular weight excluding hydrogens is 638 g/mol. The molecule has 4 atom stereocenters. The summed E-state index contributed by atoms with van der Waals surface area (Å²) in [5, 5.41) is 27.5. The number of hydrogen-bond acceptors (Lipinski definition) is 6. The molecule has 0 radical (unpaired) electrons. The van der Waals surface area contributed by atoms with Crippen molar-refractivity contribution in [3.05, 3.63) is 130 Å². The Balaban J connectivity index is 1.19. The van der Waals surface area contributed by atoms with Gasteiger partial charge >= 0.3 is 6.03 Å². The summed E-state index contributed by atoms with van der Waals surface area (Å²) in [5.41, 5.74) is 5.97. The minimum Gasteiger partial charge on any atom is -0.392 e. The molecule has 9 heteroatoms. The molecule has 258 valence electrons. The number of ether oxygens (including phenoxy) is 2. The van der Waals surface area contributed by atoms with E-state index < -0.39 is 11.9 Å². The summed E-state index contributed by atoms with van der Waals surface area (Å²) < 4.78 is 13.5. The number of nitrogens with zero attached hydrogens (tertiary/aromatic N) is 1. The number of aliphatic hydroxyl groups is 2. The van der Waals surface area contributed by atoms with Crippen LogP contribution in [0, 0.1) is 5.92 Å². The predicted molar refractivity (Wildman–Crippen MR) is 192 cm³/mol. The van der Waals surface area contributed by atoms with Crippen molar-refractivity contribution in [3.63, 3.8) is 0 Å². The van der Waals surface area contributed by atoms with E-state index >= 15 is 0 Å². The van der Waals surface area contributed by atoms with Crippen LogP contribution in [-0.2, 0) is 28.2 Å². The summed E-state index contributed by atoms with van der Waals surface area (Å²) in [6, 6.07) is 31.6. The first-order valence-electron chi connectivity index (χ1n) is 17.2. The van der Waals surface area contributed by atoms with Crippen molar-refractivity contribution in [1.29, 1.82) is 0 Å². The lowest BCUT2D eigenvalue weighted by atomic mass is 9.84. The van der Waals surface area contributed by atoms with Crippen LogP contribution in [0.25, 0.3) is 11.1 Å². The van der Waals surface area contributed by atoms with E-state index in [1.165, 1.54) is 0 Å². The van der Waals surface area contributed by atoms with Crippen LogP contribution >= 0.6 is 11.6 Å². The molecule has 2 aliphatic heterocycles. The van der Waals surface area contributed by atoms with Gasteiger partial charge < -0.3 is 35.2 Å². The number of piperidine rings is 1. The zero-order chi connectivity index (χ0) is 34.4. The number of carbonyl (C=O) groups is 1. The number of benzene rings is 4. The molecule has 8 nitrogen and oxygen atoms in total. The van der Waals surface area contributed by atoms with Crippen molar-refractivity contribution in [2.45, 2.75) is 63.9 Å². The Labute approximate surface area is 294 Å². The lowest BCUT2D eigenvalue weighted by Crippen LogP contribution is -2.49. The van der Waals surface area contributed by atoms with Crippen molar-refractivity contribution in [2.75, 3.05) is 26.2 Å². The number of carbonyl (C=O) groups excluding carboxylic acids is 1. The van der Waals surface area contributed by atoms with Gasteiger partial charge in [-0.2, -0.15) is 0 Å². The van der Waals surface area contributed by atoms with Gasteiger partial charge in [0.15, 0.2) is 6.29 Å². The predicted octanol–water partition coefficient (Wildman–Crippen LogP) is 7.09. The Kier molecular flexibility index (Phi) is 11.3. The first-order chi connectivity index (χ1) is 23.8. The Morgan fingerprint density at radius 3 is 2.24 bits per heavy atom. The zero-order valence-electron chi connectivity index (χ0n) is 28.1. The molecule has 0 aliphatic carbocycles. The topological polar surface area (TPSA) is 103 Å². The largest absolute Gasteiger partial charge is 0.392 e. The minimum atomic E-state index is -0.874. The van der Waals surface area contributed by atoms with Crippen LogP contribution in [0.5, 0.6) is 0 Å². The highest BCUT2D eigenvalue weighted by Crippen LogP contribution is 2.43. The van der Waals surface area contributed by atoms with Gasteiger partial charge in [0.05, 0.1) is 24.4 Å². The van der Waals surface area contributed by atoms with Crippen molar-refractivity contribution in [1.82, 2.24) is 15.5 Å². The molecule has 49 heavy (non-hydrogen) atoms. The van der Waals surface area contributed by atoms with Crippen molar-refractivity contribution >= 4 is 17.6 Å². The molecule has 6 rings (SSSR count). The number of rotatable bonds is 10. The molecule has 0 bridgehead atoms.